The maximum atomic E-state index is 12.1. The molecule has 2 N–H and O–H groups in total. The summed E-state index contributed by atoms with van der Waals surface area (Å²) in [5.74, 6) is 0.924. The first-order valence-electron chi connectivity index (χ1n) is 5.61. The zero-order valence-corrected chi connectivity index (χ0v) is 11.4. The molecule has 2 rings (SSSR count). The first kappa shape index (κ1) is 13.3. The maximum absolute atomic E-state index is 12.1. The van der Waals surface area contributed by atoms with Gasteiger partial charge in [0.05, 0.1) is 0 Å². The van der Waals surface area contributed by atoms with Crippen LogP contribution in [-0.2, 0) is 10.0 Å². The molecule has 19 heavy (non-hydrogen) atoms. The quantitative estimate of drug-likeness (QED) is 0.888. The lowest BCUT2D eigenvalue weighted by molar-refractivity contribution is 0.600. The lowest BCUT2D eigenvalue weighted by atomic mass is 10.3. The molecule has 0 saturated carbocycles. The van der Waals surface area contributed by atoms with Gasteiger partial charge in [-0.25, -0.2) is 18.4 Å². The Morgan fingerprint density at radius 3 is 2.53 bits per heavy atom. The average Bonchev–Trinajstić information content (AvgIpc) is 2.41. The van der Waals surface area contributed by atoms with Crippen molar-refractivity contribution in [2.75, 3.05) is 17.1 Å². The second-order valence-corrected chi connectivity index (χ2v) is 5.59. The Morgan fingerprint density at radius 1 is 1.16 bits per heavy atom. The van der Waals surface area contributed by atoms with Crippen LogP contribution in [0.2, 0.25) is 0 Å². The van der Waals surface area contributed by atoms with Gasteiger partial charge in [-0.3, -0.25) is 4.72 Å². The summed E-state index contributed by atoms with van der Waals surface area (Å²) in [6, 6.07) is 6.61. The lowest BCUT2D eigenvalue weighted by Gasteiger charge is -2.09. The van der Waals surface area contributed by atoms with E-state index in [1.54, 1.807) is 32.2 Å². The summed E-state index contributed by atoms with van der Waals surface area (Å²) in [6.07, 6.45) is 2.83. The Bertz CT molecular complexity index is 668. The molecule has 100 valence electrons. The van der Waals surface area contributed by atoms with Crippen molar-refractivity contribution in [3.8, 4) is 0 Å². The fourth-order valence-electron chi connectivity index (χ4n) is 1.47. The molecule has 0 saturated heterocycles. The van der Waals surface area contributed by atoms with E-state index in [0.29, 0.717) is 11.6 Å². The predicted molar refractivity (Wildman–Crippen MR) is 73.6 cm³/mol. The van der Waals surface area contributed by atoms with Gasteiger partial charge in [-0.15, -0.1) is 0 Å². The van der Waals surface area contributed by atoms with Crippen molar-refractivity contribution in [3.05, 3.63) is 42.2 Å². The van der Waals surface area contributed by atoms with Crippen LogP contribution in [-0.4, -0.2) is 25.4 Å². The molecule has 0 bridgehead atoms. The second kappa shape index (κ2) is 5.23. The molecule has 0 spiro atoms. The number of aromatic nitrogens is 2. The van der Waals surface area contributed by atoms with Gasteiger partial charge >= 0.3 is 0 Å². The van der Waals surface area contributed by atoms with Gasteiger partial charge in [0.15, 0.2) is 0 Å². The number of aryl methyl sites for hydroxylation is 1. The van der Waals surface area contributed by atoms with E-state index in [1.165, 1.54) is 18.5 Å². The van der Waals surface area contributed by atoms with Crippen molar-refractivity contribution in [3.63, 3.8) is 0 Å². The topological polar surface area (TPSA) is 84.0 Å². The van der Waals surface area contributed by atoms with E-state index >= 15 is 0 Å². The highest BCUT2D eigenvalue weighted by molar-refractivity contribution is 7.92. The number of hydrogen-bond acceptors (Lipinski definition) is 5. The molecule has 0 aliphatic heterocycles. The third-order valence-corrected chi connectivity index (χ3v) is 3.87. The van der Waals surface area contributed by atoms with E-state index in [0.717, 1.165) is 5.56 Å². The molecule has 7 heteroatoms. The molecule has 0 fully saturated rings. The van der Waals surface area contributed by atoms with Crippen molar-refractivity contribution < 1.29 is 8.42 Å². The first-order chi connectivity index (χ1) is 9.03. The Hall–Kier alpha value is -2.15. The second-order valence-electron chi connectivity index (χ2n) is 3.90. The molecule has 2 heterocycles. The molecule has 0 unspecified atom stereocenters. The highest BCUT2D eigenvalue weighted by Gasteiger charge is 2.16. The standard InChI is InChI=1S/C12H14N4O2S/c1-9-4-3-7-14-12(9)16-19(17,18)10-5-6-11(13-2)15-8-10/h3-8H,1-2H3,(H,13,15)(H,14,16). The van der Waals surface area contributed by atoms with Crippen molar-refractivity contribution in [2.24, 2.45) is 0 Å². The molecular weight excluding hydrogens is 264 g/mol. The van der Waals surface area contributed by atoms with Crippen LogP contribution in [0.15, 0.2) is 41.6 Å². The van der Waals surface area contributed by atoms with Gasteiger partial charge in [0.25, 0.3) is 10.0 Å². The van der Waals surface area contributed by atoms with E-state index < -0.39 is 10.0 Å². The molecular formula is C12H14N4O2S. The monoisotopic (exact) mass is 278 g/mol. The summed E-state index contributed by atoms with van der Waals surface area (Å²) in [7, 11) is -1.95. The van der Waals surface area contributed by atoms with Gasteiger partial charge in [-0.2, -0.15) is 0 Å². The van der Waals surface area contributed by atoms with E-state index in [9.17, 15) is 8.42 Å². The van der Waals surface area contributed by atoms with E-state index in [4.69, 9.17) is 0 Å². The Balaban J connectivity index is 2.30. The Kier molecular flexibility index (Phi) is 3.66. The summed E-state index contributed by atoms with van der Waals surface area (Å²) in [5.41, 5.74) is 0.755. The largest absolute Gasteiger partial charge is 0.373 e. The molecule has 2 aromatic rings. The Morgan fingerprint density at radius 2 is 1.95 bits per heavy atom. The van der Waals surface area contributed by atoms with Crippen molar-refractivity contribution in [2.45, 2.75) is 11.8 Å². The van der Waals surface area contributed by atoms with Gasteiger partial charge in [0.1, 0.15) is 16.5 Å². The lowest BCUT2D eigenvalue weighted by Crippen LogP contribution is -2.15. The first-order valence-corrected chi connectivity index (χ1v) is 7.09. The third-order valence-electron chi connectivity index (χ3n) is 2.54. The predicted octanol–water partition coefficient (Wildman–Crippen LogP) is 1.63. The minimum absolute atomic E-state index is 0.0940. The van der Waals surface area contributed by atoms with Gasteiger partial charge in [0, 0.05) is 19.4 Å². The minimum atomic E-state index is -3.66. The number of pyridine rings is 2. The minimum Gasteiger partial charge on any atom is -0.373 e. The number of anilines is 2. The smallest absolute Gasteiger partial charge is 0.264 e. The molecule has 2 aromatic heterocycles. The van der Waals surface area contributed by atoms with Crippen LogP contribution < -0.4 is 10.0 Å². The zero-order chi connectivity index (χ0) is 13.9. The van der Waals surface area contributed by atoms with Gasteiger partial charge < -0.3 is 5.32 Å². The van der Waals surface area contributed by atoms with Crippen LogP contribution in [0, 0.1) is 6.92 Å². The normalized spacial score (nSPS) is 11.1. The van der Waals surface area contributed by atoms with E-state index in [2.05, 4.69) is 20.0 Å². The van der Waals surface area contributed by atoms with Gasteiger partial charge in [0.2, 0.25) is 0 Å². The average molecular weight is 278 g/mol. The number of rotatable bonds is 4. The number of sulfonamides is 1. The van der Waals surface area contributed by atoms with Gasteiger partial charge in [-0.1, -0.05) is 6.07 Å². The molecule has 0 aromatic carbocycles. The van der Waals surface area contributed by atoms with Crippen LogP contribution in [0.3, 0.4) is 0 Å². The summed E-state index contributed by atoms with van der Waals surface area (Å²) in [5, 5.41) is 2.83. The van der Waals surface area contributed by atoms with Crippen LogP contribution >= 0.6 is 0 Å². The molecule has 0 aliphatic carbocycles. The highest BCUT2D eigenvalue weighted by atomic mass is 32.2. The number of hydrogen-bond donors (Lipinski definition) is 2. The fourth-order valence-corrected chi connectivity index (χ4v) is 2.49. The van der Waals surface area contributed by atoms with Crippen LogP contribution in [0.1, 0.15) is 5.56 Å². The third kappa shape index (κ3) is 3.00. The van der Waals surface area contributed by atoms with Crippen LogP contribution in [0.25, 0.3) is 0 Å². The number of nitrogens with one attached hydrogen (secondary N) is 2. The summed E-state index contributed by atoms with van der Waals surface area (Å²) < 4.78 is 26.7. The molecule has 0 amide bonds. The highest BCUT2D eigenvalue weighted by Crippen LogP contribution is 2.17. The van der Waals surface area contributed by atoms with E-state index in [-0.39, 0.29) is 4.90 Å². The van der Waals surface area contributed by atoms with E-state index in [1.807, 2.05) is 0 Å². The maximum Gasteiger partial charge on any atom is 0.264 e. The zero-order valence-electron chi connectivity index (χ0n) is 10.6. The SMILES string of the molecule is CNc1ccc(S(=O)(=O)Nc2ncccc2C)cn1. The number of nitrogens with zero attached hydrogens (tertiary/aromatic N) is 2. The molecule has 6 nitrogen and oxygen atoms in total. The molecule has 0 radical (unpaired) electrons. The summed E-state index contributed by atoms with van der Waals surface area (Å²) >= 11 is 0. The van der Waals surface area contributed by atoms with Crippen molar-refractivity contribution >= 4 is 21.7 Å². The van der Waals surface area contributed by atoms with Crippen molar-refractivity contribution in [1.82, 2.24) is 9.97 Å². The van der Waals surface area contributed by atoms with Crippen molar-refractivity contribution in [1.29, 1.82) is 0 Å². The molecule has 0 atom stereocenters. The summed E-state index contributed by atoms with van der Waals surface area (Å²) in [4.78, 5) is 8.07. The van der Waals surface area contributed by atoms with Gasteiger partial charge in [-0.05, 0) is 30.7 Å². The van der Waals surface area contributed by atoms with Crippen LogP contribution in [0.5, 0.6) is 0 Å². The fraction of sp³-hybridized carbons (Fsp3) is 0.167. The molecule has 0 aliphatic rings. The Labute approximate surface area is 112 Å². The van der Waals surface area contributed by atoms with Crippen LogP contribution in [0.4, 0.5) is 11.6 Å². The summed E-state index contributed by atoms with van der Waals surface area (Å²) in [6.45, 7) is 1.78.